The second kappa shape index (κ2) is 7.20. The molecule has 1 amide bonds. The third kappa shape index (κ3) is 6.55. The number of alkyl carbamates (subject to hydrolysis) is 1. The second-order valence-electron chi connectivity index (χ2n) is 8.58. The van der Waals surface area contributed by atoms with Crippen molar-refractivity contribution >= 4 is 6.09 Å². The summed E-state index contributed by atoms with van der Waals surface area (Å²) in [5, 5.41) is 6.80. The Labute approximate surface area is 135 Å². The van der Waals surface area contributed by atoms with Crippen LogP contribution in [-0.4, -0.2) is 30.3 Å². The van der Waals surface area contributed by atoms with E-state index in [1.54, 1.807) is 0 Å². The summed E-state index contributed by atoms with van der Waals surface area (Å²) in [5.41, 5.74) is -0.435. The van der Waals surface area contributed by atoms with Crippen LogP contribution in [0.5, 0.6) is 0 Å². The van der Waals surface area contributed by atoms with Crippen molar-refractivity contribution in [3.8, 4) is 0 Å². The number of nitrogens with one attached hydrogen (secondary N) is 2. The Kier molecular flexibility index (Phi) is 5.76. The van der Waals surface area contributed by atoms with E-state index in [1.807, 2.05) is 20.8 Å². The number of hydrogen-bond donors (Lipinski definition) is 2. The van der Waals surface area contributed by atoms with Crippen LogP contribution in [0.1, 0.15) is 66.7 Å². The van der Waals surface area contributed by atoms with E-state index in [2.05, 4.69) is 24.5 Å². The summed E-state index contributed by atoms with van der Waals surface area (Å²) in [6.07, 6.45) is 6.29. The Morgan fingerprint density at radius 1 is 1.14 bits per heavy atom. The first-order valence-corrected chi connectivity index (χ1v) is 8.97. The average Bonchev–Trinajstić information content (AvgIpc) is 3.24. The van der Waals surface area contributed by atoms with Crippen molar-refractivity contribution in [3.05, 3.63) is 0 Å². The molecule has 2 rings (SSSR count). The van der Waals surface area contributed by atoms with Gasteiger partial charge in [-0.25, -0.2) is 4.79 Å². The largest absolute Gasteiger partial charge is 0.444 e. The van der Waals surface area contributed by atoms with Crippen molar-refractivity contribution in [3.63, 3.8) is 0 Å². The topological polar surface area (TPSA) is 50.4 Å². The molecule has 1 atom stereocenters. The van der Waals surface area contributed by atoms with Gasteiger partial charge in [0.2, 0.25) is 0 Å². The summed E-state index contributed by atoms with van der Waals surface area (Å²) in [7, 11) is 0. The van der Waals surface area contributed by atoms with Gasteiger partial charge in [-0.3, -0.25) is 0 Å². The maximum atomic E-state index is 11.9. The van der Waals surface area contributed by atoms with Crippen LogP contribution in [-0.2, 0) is 4.74 Å². The Bertz CT molecular complexity index is 356. The van der Waals surface area contributed by atoms with Gasteiger partial charge < -0.3 is 15.4 Å². The molecule has 0 aromatic carbocycles. The zero-order chi connectivity index (χ0) is 16.3. The lowest BCUT2D eigenvalue weighted by Crippen LogP contribution is -2.48. The maximum absolute atomic E-state index is 11.9. The minimum Gasteiger partial charge on any atom is -0.444 e. The molecule has 1 unspecified atom stereocenters. The van der Waals surface area contributed by atoms with E-state index >= 15 is 0 Å². The molecule has 0 aromatic heterocycles. The zero-order valence-electron chi connectivity index (χ0n) is 14.9. The number of carbonyl (C=O) groups excluding carboxylic acids is 1. The lowest BCUT2D eigenvalue weighted by Gasteiger charge is -2.28. The Hall–Kier alpha value is -0.770. The highest BCUT2D eigenvalue weighted by Gasteiger charge is 2.42. The second-order valence-corrected chi connectivity index (χ2v) is 8.58. The zero-order valence-corrected chi connectivity index (χ0v) is 14.9. The van der Waals surface area contributed by atoms with E-state index in [0.717, 1.165) is 18.3 Å². The molecule has 0 radical (unpaired) electrons. The van der Waals surface area contributed by atoms with Gasteiger partial charge in [-0.15, -0.1) is 0 Å². The monoisotopic (exact) mass is 310 g/mol. The molecule has 2 aliphatic carbocycles. The molecule has 0 spiro atoms. The molecular weight excluding hydrogens is 276 g/mol. The van der Waals surface area contributed by atoms with E-state index in [0.29, 0.717) is 24.5 Å². The maximum Gasteiger partial charge on any atom is 0.407 e. The van der Waals surface area contributed by atoms with Crippen molar-refractivity contribution in [1.82, 2.24) is 10.6 Å². The van der Waals surface area contributed by atoms with Gasteiger partial charge in [-0.05, 0) is 70.6 Å². The molecular formula is C18H34N2O2. The fourth-order valence-electron chi connectivity index (χ4n) is 3.14. The highest BCUT2D eigenvalue weighted by atomic mass is 16.6. The van der Waals surface area contributed by atoms with E-state index in [9.17, 15) is 4.79 Å². The summed E-state index contributed by atoms with van der Waals surface area (Å²) in [5.74, 6) is 2.38. The van der Waals surface area contributed by atoms with E-state index in [4.69, 9.17) is 4.74 Å². The smallest absolute Gasteiger partial charge is 0.407 e. The van der Waals surface area contributed by atoms with Crippen LogP contribution in [0.25, 0.3) is 0 Å². The SMILES string of the molecule is CC(C)CC(CNC(=O)OC(C)(C)C)NC(C1CC1)C1CC1. The van der Waals surface area contributed by atoms with Gasteiger partial charge in [-0.2, -0.15) is 0 Å². The van der Waals surface area contributed by atoms with Gasteiger partial charge >= 0.3 is 6.09 Å². The predicted molar refractivity (Wildman–Crippen MR) is 89.9 cm³/mol. The van der Waals surface area contributed by atoms with Crippen LogP contribution in [0.15, 0.2) is 0 Å². The molecule has 0 saturated heterocycles. The molecule has 4 heteroatoms. The van der Waals surface area contributed by atoms with Crippen molar-refractivity contribution in [2.24, 2.45) is 17.8 Å². The van der Waals surface area contributed by atoms with Gasteiger partial charge in [0.1, 0.15) is 5.60 Å². The first-order valence-electron chi connectivity index (χ1n) is 8.97. The molecule has 0 aliphatic heterocycles. The predicted octanol–water partition coefficient (Wildman–Crippen LogP) is 3.70. The third-order valence-corrected chi connectivity index (χ3v) is 4.34. The van der Waals surface area contributed by atoms with Crippen LogP contribution in [0, 0.1) is 17.8 Å². The van der Waals surface area contributed by atoms with Gasteiger partial charge in [0.05, 0.1) is 0 Å². The summed E-state index contributed by atoms with van der Waals surface area (Å²) in [6.45, 7) is 10.8. The molecule has 2 fully saturated rings. The Balaban J connectivity index is 1.81. The van der Waals surface area contributed by atoms with E-state index in [1.165, 1.54) is 25.7 Å². The van der Waals surface area contributed by atoms with Crippen LogP contribution in [0.2, 0.25) is 0 Å². The fourth-order valence-corrected chi connectivity index (χ4v) is 3.14. The summed E-state index contributed by atoms with van der Waals surface area (Å²) in [4.78, 5) is 11.9. The normalized spacial score (nSPS) is 20.3. The van der Waals surface area contributed by atoms with Gasteiger partial charge in [-0.1, -0.05) is 13.8 Å². The quantitative estimate of drug-likeness (QED) is 0.718. The molecule has 2 aliphatic rings. The minimum atomic E-state index is -0.435. The fraction of sp³-hybridized carbons (Fsp3) is 0.944. The number of carbonyl (C=O) groups is 1. The van der Waals surface area contributed by atoms with Crippen LogP contribution >= 0.6 is 0 Å². The van der Waals surface area contributed by atoms with Crippen LogP contribution in [0.4, 0.5) is 4.79 Å². The van der Waals surface area contributed by atoms with Gasteiger partial charge in [0.25, 0.3) is 0 Å². The molecule has 0 aromatic rings. The molecule has 128 valence electrons. The molecule has 0 heterocycles. The minimum absolute atomic E-state index is 0.308. The number of hydrogen-bond acceptors (Lipinski definition) is 3. The van der Waals surface area contributed by atoms with Crippen LogP contribution < -0.4 is 10.6 Å². The average molecular weight is 310 g/mol. The van der Waals surface area contributed by atoms with Crippen molar-refractivity contribution in [1.29, 1.82) is 0 Å². The Morgan fingerprint density at radius 2 is 1.68 bits per heavy atom. The van der Waals surface area contributed by atoms with Crippen molar-refractivity contribution < 1.29 is 9.53 Å². The molecule has 22 heavy (non-hydrogen) atoms. The van der Waals surface area contributed by atoms with E-state index < -0.39 is 5.60 Å². The number of amides is 1. The summed E-state index contributed by atoms with van der Waals surface area (Å²) < 4.78 is 5.34. The molecule has 2 N–H and O–H groups in total. The van der Waals surface area contributed by atoms with Gasteiger partial charge in [0, 0.05) is 18.6 Å². The highest BCUT2D eigenvalue weighted by molar-refractivity contribution is 5.67. The first-order chi connectivity index (χ1) is 10.2. The molecule has 4 nitrogen and oxygen atoms in total. The lowest BCUT2D eigenvalue weighted by atomic mass is 10.00. The number of ether oxygens (including phenoxy) is 1. The number of rotatable bonds is 8. The lowest BCUT2D eigenvalue weighted by molar-refractivity contribution is 0.0519. The molecule has 2 saturated carbocycles. The van der Waals surface area contributed by atoms with E-state index in [-0.39, 0.29) is 6.09 Å². The highest BCUT2D eigenvalue weighted by Crippen LogP contribution is 2.44. The summed E-state index contributed by atoms with van der Waals surface area (Å²) in [6, 6.07) is 1.02. The van der Waals surface area contributed by atoms with Gasteiger partial charge in [0.15, 0.2) is 0 Å². The van der Waals surface area contributed by atoms with Crippen LogP contribution in [0.3, 0.4) is 0 Å². The first kappa shape index (κ1) is 17.6. The Morgan fingerprint density at radius 3 is 2.09 bits per heavy atom. The standard InChI is InChI=1S/C18H34N2O2/c1-12(2)10-15(11-19-17(21)22-18(3,4)5)20-16(13-6-7-13)14-8-9-14/h12-16,20H,6-11H2,1-5H3,(H,19,21). The van der Waals surface area contributed by atoms with Crippen molar-refractivity contribution in [2.75, 3.05) is 6.54 Å². The third-order valence-electron chi connectivity index (χ3n) is 4.34. The molecule has 0 bridgehead atoms. The van der Waals surface area contributed by atoms with Crippen molar-refractivity contribution in [2.45, 2.75) is 84.4 Å². The summed E-state index contributed by atoms with van der Waals surface area (Å²) >= 11 is 0.